The largest absolute Gasteiger partial charge is 0.417 e. The van der Waals surface area contributed by atoms with Gasteiger partial charge in [-0.3, -0.25) is 9.80 Å². The van der Waals surface area contributed by atoms with Gasteiger partial charge in [-0.25, -0.2) is 0 Å². The van der Waals surface area contributed by atoms with Gasteiger partial charge in [0.25, 0.3) is 0 Å². The third-order valence-electron chi connectivity index (χ3n) is 2.90. The molecule has 0 atom stereocenters. The van der Waals surface area contributed by atoms with Crippen LogP contribution in [0.2, 0.25) is 0 Å². The minimum absolute atomic E-state index is 0.0119. The van der Waals surface area contributed by atoms with E-state index in [9.17, 15) is 18.0 Å². The van der Waals surface area contributed by atoms with E-state index in [2.05, 4.69) is 21.0 Å². The van der Waals surface area contributed by atoms with Gasteiger partial charge in [-0.05, 0) is 18.2 Å². The van der Waals surface area contributed by atoms with Crippen LogP contribution in [0.3, 0.4) is 0 Å². The molecule has 108 valence electrons. The van der Waals surface area contributed by atoms with E-state index in [1.165, 1.54) is 16.0 Å². The first-order valence-corrected chi connectivity index (χ1v) is 6.52. The van der Waals surface area contributed by atoms with E-state index in [4.69, 9.17) is 0 Å². The van der Waals surface area contributed by atoms with E-state index in [0.717, 1.165) is 6.07 Å². The number of carbonyl (C=O) groups is 1. The first-order valence-electron chi connectivity index (χ1n) is 5.73. The topological polar surface area (TPSA) is 35.9 Å². The number of amides is 1. The standard InChI is InChI=1S/C12H11BrF3N3O/c1-18(7-20)11-4-5-19(17-11)8-2-3-10(13)9(6-8)12(14,15)16/h2-3,6-7H,4-5H2,1H3. The highest BCUT2D eigenvalue weighted by atomic mass is 79.9. The van der Waals surface area contributed by atoms with Crippen LogP contribution in [0.5, 0.6) is 0 Å². The average Bonchev–Trinajstić information content (AvgIpc) is 2.86. The fraction of sp³-hybridized carbons (Fsp3) is 0.333. The Morgan fingerprint density at radius 1 is 1.45 bits per heavy atom. The molecule has 4 nitrogen and oxygen atoms in total. The molecule has 0 saturated heterocycles. The van der Waals surface area contributed by atoms with Crippen LogP contribution in [0.15, 0.2) is 27.8 Å². The number of carbonyl (C=O) groups excluding carboxylic acids is 1. The summed E-state index contributed by atoms with van der Waals surface area (Å²) in [6.07, 6.45) is -3.31. The van der Waals surface area contributed by atoms with Crippen LogP contribution in [0.25, 0.3) is 0 Å². The van der Waals surface area contributed by atoms with Crippen molar-refractivity contribution in [1.82, 2.24) is 4.90 Å². The van der Waals surface area contributed by atoms with Crippen LogP contribution in [-0.4, -0.2) is 30.7 Å². The molecule has 8 heteroatoms. The van der Waals surface area contributed by atoms with Gasteiger partial charge in [-0.15, -0.1) is 0 Å². The van der Waals surface area contributed by atoms with Crippen molar-refractivity contribution in [3.05, 3.63) is 28.2 Å². The van der Waals surface area contributed by atoms with Crippen molar-refractivity contribution in [2.75, 3.05) is 18.6 Å². The number of halogens is 4. The number of amidine groups is 1. The zero-order valence-electron chi connectivity index (χ0n) is 10.5. The number of rotatable bonds is 2. The molecule has 1 aliphatic rings. The molecule has 0 N–H and O–H groups in total. The van der Waals surface area contributed by atoms with Crippen molar-refractivity contribution in [2.45, 2.75) is 12.6 Å². The SMILES string of the molecule is CN(C=O)C1=NN(c2ccc(Br)c(C(F)(F)F)c2)CC1. The lowest BCUT2D eigenvalue weighted by Gasteiger charge is -2.16. The van der Waals surface area contributed by atoms with Gasteiger partial charge in [0.15, 0.2) is 0 Å². The molecular formula is C12H11BrF3N3O. The Balaban J connectivity index is 2.31. The summed E-state index contributed by atoms with van der Waals surface area (Å²) in [7, 11) is 1.55. The molecule has 0 aliphatic carbocycles. The van der Waals surface area contributed by atoms with Crippen LogP contribution in [0.1, 0.15) is 12.0 Å². The second-order valence-electron chi connectivity index (χ2n) is 4.27. The summed E-state index contributed by atoms with van der Waals surface area (Å²) >= 11 is 2.89. The molecule has 0 spiro atoms. The average molecular weight is 350 g/mol. The summed E-state index contributed by atoms with van der Waals surface area (Å²) in [4.78, 5) is 11.9. The van der Waals surface area contributed by atoms with Crippen molar-refractivity contribution in [3.63, 3.8) is 0 Å². The van der Waals surface area contributed by atoms with Gasteiger partial charge in [0.2, 0.25) is 6.41 Å². The number of nitrogens with zero attached hydrogens (tertiary/aromatic N) is 3. The molecule has 0 unspecified atom stereocenters. The molecule has 1 aromatic rings. The van der Waals surface area contributed by atoms with Crippen molar-refractivity contribution < 1.29 is 18.0 Å². The predicted octanol–water partition coefficient (Wildman–Crippen LogP) is 3.08. The molecule has 0 bridgehead atoms. The van der Waals surface area contributed by atoms with Gasteiger partial charge >= 0.3 is 6.18 Å². The van der Waals surface area contributed by atoms with Crippen LogP contribution in [-0.2, 0) is 11.0 Å². The molecule has 0 saturated carbocycles. The summed E-state index contributed by atoms with van der Waals surface area (Å²) in [6.45, 7) is 0.437. The maximum Gasteiger partial charge on any atom is 0.417 e. The van der Waals surface area contributed by atoms with E-state index in [0.29, 0.717) is 30.9 Å². The molecule has 1 amide bonds. The third kappa shape index (κ3) is 2.95. The maximum atomic E-state index is 12.8. The minimum Gasteiger partial charge on any atom is -0.305 e. The van der Waals surface area contributed by atoms with Gasteiger partial charge in [0.05, 0.1) is 11.3 Å². The van der Waals surface area contributed by atoms with Gasteiger partial charge in [-0.1, -0.05) is 15.9 Å². The lowest BCUT2D eigenvalue weighted by Crippen LogP contribution is -2.23. The monoisotopic (exact) mass is 349 g/mol. The van der Waals surface area contributed by atoms with E-state index < -0.39 is 11.7 Å². The Morgan fingerprint density at radius 3 is 2.75 bits per heavy atom. The number of alkyl halides is 3. The van der Waals surface area contributed by atoms with E-state index in [1.54, 1.807) is 13.1 Å². The third-order valence-corrected chi connectivity index (χ3v) is 3.59. The second-order valence-corrected chi connectivity index (χ2v) is 5.12. The first kappa shape index (κ1) is 14.8. The summed E-state index contributed by atoms with van der Waals surface area (Å²) in [5, 5.41) is 5.60. The Bertz CT molecular complexity index is 559. The van der Waals surface area contributed by atoms with Crippen molar-refractivity contribution in [2.24, 2.45) is 5.10 Å². The lowest BCUT2D eigenvalue weighted by molar-refractivity contribution is -0.138. The highest BCUT2D eigenvalue weighted by Gasteiger charge is 2.34. The molecule has 0 fully saturated rings. The summed E-state index contributed by atoms with van der Waals surface area (Å²) in [5.41, 5.74) is -0.405. The van der Waals surface area contributed by atoms with Gasteiger partial charge in [-0.2, -0.15) is 18.3 Å². The van der Waals surface area contributed by atoms with Crippen LogP contribution in [0.4, 0.5) is 18.9 Å². The van der Waals surface area contributed by atoms with Gasteiger partial charge < -0.3 is 4.90 Å². The highest BCUT2D eigenvalue weighted by Crippen LogP contribution is 2.37. The molecular weight excluding hydrogens is 339 g/mol. The maximum absolute atomic E-state index is 12.8. The van der Waals surface area contributed by atoms with Gasteiger partial charge in [0.1, 0.15) is 5.84 Å². The molecule has 1 heterocycles. The number of anilines is 1. The quantitative estimate of drug-likeness (QED) is 0.769. The summed E-state index contributed by atoms with van der Waals surface area (Å²) in [5.74, 6) is 0.525. The van der Waals surface area contributed by atoms with Crippen molar-refractivity contribution in [1.29, 1.82) is 0 Å². The molecule has 20 heavy (non-hydrogen) atoms. The van der Waals surface area contributed by atoms with Crippen LogP contribution in [0, 0.1) is 0 Å². The zero-order valence-corrected chi connectivity index (χ0v) is 12.1. The Hall–Kier alpha value is -1.57. The fourth-order valence-electron chi connectivity index (χ4n) is 1.83. The number of benzene rings is 1. The van der Waals surface area contributed by atoms with E-state index in [1.807, 2.05) is 0 Å². The van der Waals surface area contributed by atoms with Crippen molar-refractivity contribution >= 4 is 33.9 Å². The normalized spacial score (nSPS) is 15.2. The molecule has 2 rings (SSSR count). The fourth-order valence-corrected chi connectivity index (χ4v) is 2.30. The number of hydrazone groups is 1. The highest BCUT2D eigenvalue weighted by molar-refractivity contribution is 9.10. The lowest BCUT2D eigenvalue weighted by atomic mass is 10.2. The first-order chi connectivity index (χ1) is 9.32. The molecule has 1 aliphatic heterocycles. The predicted molar refractivity (Wildman–Crippen MR) is 72.4 cm³/mol. The minimum atomic E-state index is -4.43. The number of hydrogen-bond acceptors (Lipinski definition) is 3. The Morgan fingerprint density at radius 2 is 2.15 bits per heavy atom. The molecule has 1 aromatic carbocycles. The summed E-state index contributed by atoms with van der Waals surface area (Å²) in [6, 6.07) is 3.93. The van der Waals surface area contributed by atoms with Crippen molar-refractivity contribution in [3.8, 4) is 0 Å². The Labute approximate surface area is 122 Å². The molecule has 0 aromatic heterocycles. The smallest absolute Gasteiger partial charge is 0.305 e. The van der Waals surface area contributed by atoms with Gasteiger partial charge in [0, 0.05) is 24.5 Å². The summed E-state index contributed by atoms with van der Waals surface area (Å²) < 4.78 is 38.5. The van der Waals surface area contributed by atoms with Crippen LogP contribution >= 0.6 is 15.9 Å². The number of hydrogen-bond donors (Lipinski definition) is 0. The van der Waals surface area contributed by atoms with Crippen LogP contribution < -0.4 is 5.01 Å². The zero-order chi connectivity index (χ0) is 14.9. The Kier molecular flexibility index (Phi) is 4.03. The van der Waals surface area contributed by atoms with E-state index in [-0.39, 0.29) is 4.47 Å². The van der Waals surface area contributed by atoms with E-state index >= 15 is 0 Å². The molecule has 0 radical (unpaired) electrons. The second kappa shape index (κ2) is 5.43.